The largest absolute Gasteiger partial charge is 0.309 e. The van der Waals surface area contributed by atoms with Crippen LogP contribution in [0.2, 0.25) is 0 Å². The zero-order chi connectivity index (χ0) is 33.5. The van der Waals surface area contributed by atoms with Gasteiger partial charge in [0, 0.05) is 58.3 Å². The highest BCUT2D eigenvalue weighted by atomic mass is 32.1. The number of thiophene rings is 2. The van der Waals surface area contributed by atoms with Crippen LogP contribution in [0.4, 0.5) is 0 Å². The van der Waals surface area contributed by atoms with Crippen LogP contribution in [-0.4, -0.2) is 9.55 Å². The van der Waals surface area contributed by atoms with Crippen molar-refractivity contribution in [1.29, 1.82) is 0 Å². The standard InChI is InChI=1S/C47H28N2S2/c1-3-18-42-36(13-1)40-27-32(20-22-43(40)49(42)34-21-23-45-41(28-34)39-17-8-24-48-47(39)51-45)30-10-5-9-29(25-30)31-11-6-12-33(26-31)35-15-7-16-38-37-14-2-4-19-44(37)50-46(35)38/h1-28H. The van der Waals surface area contributed by atoms with Crippen molar-refractivity contribution in [1.82, 2.24) is 9.55 Å². The Hall–Kier alpha value is -6.07. The molecule has 0 aliphatic heterocycles. The Labute approximate surface area is 302 Å². The van der Waals surface area contributed by atoms with Gasteiger partial charge in [-0.05, 0) is 100 Å². The zero-order valence-electron chi connectivity index (χ0n) is 27.4. The molecule has 0 spiro atoms. The van der Waals surface area contributed by atoms with Gasteiger partial charge < -0.3 is 4.57 Å². The van der Waals surface area contributed by atoms with E-state index in [1.54, 1.807) is 11.3 Å². The van der Waals surface area contributed by atoms with Gasteiger partial charge in [0.1, 0.15) is 4.83 Å². The maximum atomic E-state index is 4.62. The topological polar surface area (TPSA) is 17.8 Å². The van der Waals surface area contributed by atoms with E-state index in [0.717, 1.165) is 4.83 Å². The SMILES string of the molecule is c1cc(-c2cccc(-c3cccc4c3sc3ccccc34)c2)cc(-c2ccc3c(c2)c2ccccc2n3-c2ccc3sc4ncccc4c3c2)c1. The van der Waals surface area contributed by atoms with Crippen molar-refractivity contribution in [2.75, 3.05) is 0 Å². The smallest absolute Gasteiger partial charge is 0.124 e. The van der Waals surface area contributed by atoms with Crippen molar-refractivity contribution in [3.63, 3.8) is 0 Å². The van der Waals surface area contributed by atoms with Crippen LogP contribution in [0.5, 0.6) is 0 Å². The molecule has 0 saturated carbocycles. The van der Waals surface area contributed by atoms with Crippen molar-refractivity contribution < 1.29 is 0 Å². The molecule has 11 rings (SSSR count). The Morgan fingerprint density at radius 1 is 0.392 bits per heavy atom. The van der Waals surface area contributed by atoms with Gasteiger partial charge in [0.05, 0.1) is 11.0 Å². The number of hydrogen-bond acceptors (Lipinski definition) is 3. The number of hydrogen-bond donors (Lipinski definition) is 0. The van der Waals surface area contributed by atoms with Gasteiger partial charge in [-0.25, -0.2) is 4.98 Å². The van der Waals surface area contributed by atoms with Crippen LogP contribution in [0.1, 0.15) is 0 Å². The molecule has 0 amide bonds. The lowest BCUT2D eigenvalue weighted by Crippen LogP contribution is -1.93. The average Bonchev–Trinajstić information content (AvgIpc) is 3.87. The molecule has 4 heterocycles. The molecule has 11 aromatic rings. The summed E-state index contributed by atoms with van der Waals surface area (Å²) in [7, 11) is 0. The lowest BCUT2D eigenvalue weighted by Gasteiger charge is -2.10. The molecular formula is C47H28N2S2. The predicted molar refractivity (Wildman–Crippen MR) is 221 cm³/mol. The van der Waals surface area contributed by atoms with Gasteiger partial charge >= 0.3 is 0 Å². The minimum atomic E-state index is 1.08. The summed E-state index contributed by atoms with van der Waals surface area (Å²) < 4.78 is 6.35. The molecule has 2 nitrogen and oxygen atoms in total. The maximum Gasteiger partial charge on any atom is 0.124 e. The molecule has 0 saturated heterocycles. The summed E-state index contributed by atoms with van der Waals surface area (Å²) in [5.41, 5.74) is 11.0. The van der Waals surface area contributed by atoms with E-state index in [1.165, 1.54) is 96.5 Å². The third-order valence-corrected chi connectivity index (χ3v) is 12.6. The molecule has 0 aliphatic carbocycles. The number of nitrogens with zero attached hydrogens (tertiary/aromatic N) is 2. The Balaban J connectivity index is 1.01. The number of benzene rings is 7. The minimum absolute atomic E-state index is 1.08. The van der Waals surface area contributed by atoms with Gasteiger partial charge in [0.15, 0.2) is 0 Å². The van der Waals surface area contributed by atoms with E-state index >= 15 is 0 Å². The van der Waals surface area contributed by atoms with Crippen molar-refractivity contribution in [2.24, 2.45) is 0 Å². The maximum absolute atomic E-state index is 4.62. The fourth-order valence-electron chi connectivity index (χ4n) is 7.89. The first-order valence-corrected chi connectivity index (χ1v) is 18.8. The van der Waals surface area contributed by atoms with Crippen LogP contribution >= 0.6 is 22.7 Å². The molecule has 7 aromatic carbocycles. The van der Waals surface area contributed by atoms with Gasteiger partial charge in [-0.2, -0.15) is 0 Å². The highest BCUT2D eigenvalue weighted by Gasteiger charge is 2.16. The molecule has 4 heteroatoms. The van der Waals surface area contributed by atoms with E-state index in [9.17, 15) is 0 Å². The average molecular weight is 685 g/mol. The number of pyridine rings is 1. The Bertz CT molecular complexity index is 3160. The summed E-state index contributed by atoms with van der Waals surface area (Å²) in [6.07, 6.45) is 1.88. The molecule has 0 N–H and O–H groups in total. The van der Waals surface area contributed by atoms with Gasteiger partial charge in [0.2, 0.25) is 0 Å². The third-order valence-electron chi connectivity index (χ3n) is 10.3. The molecule has 0 bridgehead atoms. The second-order valence-corrected chi connectivity index (χ2v) is 15.2. The highest BCUT2D eigenvalue weighted by molar-refractivity contribution is 7.26. The summed E-state index contributed by atoms with van der Waals surface area (Å²) in [6.45, 7) is 0. The number of rotatable bonds is 4. The van der Waals surface area contributed by atoms with Crippen molar-refractivity contribution >= 4 is 85.0 Å². The van der Waals surface area contributed by atoms with E-state index in [0.29, 0.717) is 0 Å². The van der Waals surface area contributed by atoms with Crippen LogP contribution in [0.15, 0.2) is 170 Å². The van der Waals surface area contributed by atoms with E-state index in [1.807, 2.05) is 23.6 Å². The van der Waals surface area contributed by atoms with Crippen LogP contribution in [0.3, 0.4) is 0 Å². The van der Waals surface area contributed by atoms with Crippen molar-refractivity contribution in [3.05, 3.63) is 170 Å². The van der Waals surface area contributed by atoms with Gasteiger partial charge in [0.25, 0.3) is 0 Å². The van der Waals surface area contributed by atoms with Crippen LogP contribution in [0.25, 0.3) is 101 Å². The first kappa shape index (κ1) is 28.7. The highest BCUT2D eigenvalue weighted by Crippen LogP contribution is 2.42. The van der Waals surface area contributed by atoms with Crippen LogP contribution < -0.4 is 0 Å². The van der Waals surface area contributed by atoms with Gasteiger partial charge in [-0.15, -0.1) is 22.7 Å². The summed E-state index contributed by atoms with van der Waals surface area (Å²) >= 11 is 3.64. The molecule has 0 aliphatic rings. The van der Waals surface area contributed by atoms with E-state index in [-0.39, 0.29) is 0 Å². The molecule has 51 heavy (non-hydrogen) atoms. The summed E-state index contributed by atoms with van der Waals surface area (Å²) in [4.78, 5) is 5.71. The monoisotopic (exact) mass is 684 g/mol. The third kappa shape index (κ3) is 4.51. The Morgan fingerprint density at radius 3 is 1.94 bits per heavy atom. The Kier molecular flexibility index (Phi) is 6.32. The second-order valence-electron chi connectivity index (χ2n) is 13.2. The minimum Gasteiger partial charge on any atom is -0.309 e. The van der Waals surface area contributed by atoms with Gasteiger partial charge in [-0.3, -0.25) is 0 Å². The fraction of sp³-hybridized carbons (Fsp3) is 0. The summed E-state index contributed by atoms with van der Waals surface area (Å²) in [6, 6.07) is 60.2. The lowest BCUT2D eigenvalue weighted by molar-refractivity contribution is 1.19. The van der Waals surface area contributed by atoms with Crippen molar-refractivity contribution in [2.45, 2.75) is 0 Å². The number of fused-ring (bicyclic) bond motifs is 9. The molecule has 238 valence electrons. The Morgan fingerprint density at radius 2 is 1.06 bits per heavy atom. The molecular weight excluding hydrogens is 657 g/mol. The lowest BCUT2D eigenvalue weighted by atomic mass is 9.95. The molecule has 4 aromatic heterocycles. The molecule has 0 unspecified atom stereocenters. The van der Waals surface area contributed by atoms with Crippen LogP contribution in [-0.2, 0) is 0 Å². The molecule has 0 atom stereocenters. The normalized spacial score (nSPS) is 11.9. The van der Waals surface area contributed by atoms with E-state index < -0.39 is 0 Å². The van der Waals surface area contributed by atoms with Crippen LogP contribution in [0, 0.1) is 0 Å². The van der Waals surface area contributed by atoms with Crippen molar-refractivity contribution in [3.8, 4) is 39.1 Å². The predicted octanol–water partition coefficient (Wildman–Crippen LogP) is 13.9. The first-order chi connectivity index (χ1) is 25.3. The second kappa shape index (κ2) is 11.2. The molecule has 0 fully saturated rings. The van der Waals surface area contributed by atoms with Gasteiger partial charge in [-0.1, -0.05) is 97.1 Å². The fourth-order valence-corrected chi connectivity index (χ4v) is 10.2. The van der Waals surface area contributed by atoms with E-state index in [2.05, 4.69) is 167 Å². The molecule has 0 radical (unpaired) electrons. The number of para-hydroxylation sites is 1. The number of aromatic nitrogens is 2. The zero-order valence-corrected chi connectivity index (χ0v) is 29.0. The quantitative estimate of drug-likeness (QED) is 0.180. The summed E-state index contributed by atoms with van der Waals surface area (Å²) in [5, 5.41) is 7.64. The summed E-state index contributed by atoms with van der Waals surface area (Å²) in [5.74, 6) is 0. The van der Waals surface area contributed by atoms with E-state index in [4.69, 9.17) is 0 Å². The first-order valence-electron chi connectivity index (χ1n) is 17.2.